The normalized spacial score (nSPS) is 14.6. The molecule has 0 unspecified atom stereocenters. The van der Waals surface area contributed by atoms with Gasteiger partial charge in [0.2, 0.25) is 0 Å². The lowest BCUT2D eigenvalue weighted by molar-refractivity contribution is 0.00667. The molecule has 340 valence electrons. The van der Waals surface area contributed by atoms with E-state index in [0.717, 1.165) is 22.1 Å². The minimum atomic E-state index is -1.36. The zero-order valence-corrected chi connectivity index (χ0v) is 38.2. The highest BCUT2D eigenvalue weighted by atomic mass is 35.5. The highest BCUT2D eigenvalue weighted by Crippen LogP contribution is 2.38. The molecule has 2 saturated heterocycles. The van der Waals surface area contributed by atoms with Crippen molar-refractivity contribution in [1.29, 1.82) is 0 Å². The third-order valence-corrected chi connectivity index (χ3v) is 12.1. The van der Waals surface area contributed by atoms with E-state index in [-0.39, 0.29) is 22.3 Å². The SMILES string of the molecule is Cc1nc2c(C(=O)O)c(F)c(N3CCOCC3)cc2n1-c1ccnc2c(Cl)cccc12.Cc1nc2c(C(=O)OC(C)(C)C)c(F)c(N3CCOCC3)cc2n1-c1ccnc2c(Cl)cccc12. The topological polar surface area (TPSA) is 150 Å². The number of para-hydroxylation sites is 2. The summed E-state index contributed by atoms with van der Waals surface area (Å²) in [5.74, 6) is -2.40. The number of carboxylic acid groups (broad SMARTS) is 1. The smallest absolute Gasteiger partial charge is 0.344 e. The molecule has 18 heteroatoms. The van der Waals surface area contributed by atoms with Gasteiger partial charge in [-0.25, -0.2) is 28.3 Å². The Balaban J connectivity index is 0.000000167. The maximum absolute atomic E-state index is 16.0. The minimum absolute atomic E-state index is 0.103. The van der Waals surface area contributed by atoms with Crippen LogP contribution in [0.15, 0.2) is 73.1 Å². The Kier molecular flexibility index (Phi) is 12.0. The zero-order chi connectivity index (χ0) is 46.6. The largest absolute Gasteiger partial charge is 0.478 e. The van der Waals surface area contributed by atoms with Crippen molar-refractivity contribution < 1.29 is 37.7 Å². The van der Waals surface area contributed by atoms with E-state index in [1.165, 1.54) is 0 Å². The lowest BCUT2D eigenvalue weighted by Crippen LogP contribution is -2.37. The highest BCUT2D eigenvalue weighted by molar-refractivity contribution is 6.35. The molecule has 1 N–H and O–H groups in total. The Bertz CT molecular complexity index is 3230. The van der Waals surface area contributed by atoms with Gasteiger partial charge in [0.05, 0.1) is 81.3 Å². The summed E-state index contributed by atoms with van der Waals surface area (Å²) in [6.45, 7) is 12.7. The number of carbonyl (C=O) groups excluding carboxylic acids is 1. The van der Waals surface area contributed by atoms with E-state index < -0.39 is 34.7 Å². The molecule has 4 aromatic heterocycles. The van der Waals surface area contributed by atoms with Crippen LogP contribution in [0.3, 0.4) is 0 Å². The first-order chi connectivity index (χ1) is 31.6. The van der Waals surface area contributed by atoms with Crippen LogP contribution in [-0.4, -0.2) is 104 Å². The van der Waals surface area contributed by atoms with Crippen molar-refractivity contribution in [2.75, 3.05) is 62.4 Å². The fourth-order valence-corrected chi connectivity index (χ4v) is 9.06. The molecule has 10 rings (SSSR count). The number of aromatic nitrogens is 6. The van der Waals surface area contributed by atoms with Crippen LogP contribution in [0.5, 0.6) is 0 Å². The van der Waals surface area contributed by atoms with Crippen LogP contribution in [0.25, 0.3) is 55.2 Å². The maximum Gasteiger partial charge on any atom is 0.344 e. The second-order valence-electron chi connectivity index (χ2n) is 16.8. The average molecular weight is 938 g/mol. The Hall–Kier alpha value is -6.46. The van der Waals surface area contributed by atoms with Crippen molar-refractivity contribution in [2.45, 2.75) is 40.2 Å². The van der Waals surface area contributed by atoms with Crippen molar-refractivity contribution in [3.05, 3.63) is 118 Å². The van der Waals surface area contributed by atoms with Crippen molar-refractivity contribution in [3.63, 3.8) is 0 Å². The molecule has 4 aromatic carbocycles. The number of carbonyl (C=O) groups is 2. The summed E-state index contributed by atoms with van der Waals surface area (Å²) in [5.41, 5.74) is 3.40. The molecule has 0 aliphatic carbocycles. The van der Waals surface area contributed by atoms with Crippen molar-refractivity contribution in [3.8, 4) is 11.4 Å². The van der Waals surface area contributed by atoms with E-state index in [1.54, 1.807) is 69.3 Å². The van der Waals surface area contributed by atoms with Crippen LogP contribution >= 0.6 is 23.2 Å². The van der Waals surface area contributed by atoms with E-state index in [2.05, 4.69) is 19.9 Å². The summed E-state index contributed by atoms with van der Waals surface area (Å²) in [6, 6.07) is 18.1. The summed E-state index contributed by atoms with van der Waals surface area (Å²) >= 11 is 12.7. The number of carboxylic acids is 1. The van der Waals surface area contributed by atoms with Gasteiger partial charge in [-0.05, 0) is 71.0 Å². The molecule has 0 atom stereocenters. The van der Waals surface area contributed by atoms with Gasteiger partial charge in [-0.3, -0.25) is 19.1 Å². The van der Waals surface area contributed by atoms with Crippen molar-refractivity contribution in [1.82, 2.24) is 29.1 Å². The Morgan fingerprint density at radius 2 is 1.08 bits per heavy atom. The van der Waals surface area contributed by atoms with Crippen LogP contribution in [0.2, 0.25) is 10.0 Å². The lowest BCUT2D eigenvalue weighted by Gasteiger charge is -2.30. The fraction of sp³-hybridized carbons (Fsp3) is 0.292. The van der Waals surface area contributed by atoms with E-state index in [4.69, 9.17) is 37.4 Å². The summed E-state index contributed by atoms with van der Waals surface area (Å²) in [5, 5.41) is 12.4. The number of hydrogen-bond donors (Lipinski definition) is 1. The fourth-order valence-electron chi connectivity index (χ4n) is 8.61. The van der Waals surface area contributed by atoms with Crippen LogP contribution < -0.4 is 9.80 Å². The Morgan fingerprint density at radius 1 is 0.652 bits per heavy atom. The predicted octanol–water partition coefficient (Wildman–Crippen LogP) is 9.68. The molecule has 0 bridgehead atoms. The number of nitrogens with zero attached hydrogens (tertiary/aromatic N) is 8. The first-order valence-electron chi connectivity index (χ1n) is 21.2. The molecule has 14 nitrogen and oxygen atoms in total. The average Bonchev–Trinajstić information content (AvgIpc) is 3.79. The quantitative estimate of drug-likeness (QED) is 0.158. The number of fused-ring (bicyclic) bond motifs is 4. The van der Waals surface area contributed by atoms with Crippen LogP contribution in [0.1, 0.15) is 53.1 Å². The molecular formula is C48H44Cl2F2N8O6. The third kappa shape index (κ3) is 8.12. The third-order valence-electron chi connectivity index (χ3n) is 11.5. The molecule has 8 aromatic rings. The van der Waals surface area contributed by atoms with E-state index in [0.29, 0.717) is 102 Å². The lowest BCUT2D eigenvalue weighted by atomic mass is 10.1. The number of benzene rings is 4. The number of rotatable bonds is 6. The van der Waals surface area contributed by atoms with Gasteiger partial charge in [0.25, 0.3) is 0 Å². The number of aromatic carboxylic acids is 1. The molecule has 2 fully saturated rings. The number of hydrogen-bond acceptors (Lipinski definition) is 11. The predicted molar refractivity (Wildman–Crippen MR) is 250 cm³/mol. The summed E-state index contributed by atoms with van der Waals surface area (Å²) in [6.07, 6.45) is 3.31. The van der Waals surface area contributed by atoms with Gasteiger partial charge in [0.1, 0.15) is 39.4 Å². The zero-order valence-electron chi connectivity index (χ0n) is 36.7. The standard InChI is InChI=1S/C26H26ClFN4O3.C22H18ClFN4O3/c1-15-30-24-20(32(15)18-8-9-29-23-16(18)6-5-7-17(23)27)14-19(31-10-12-34-13-11-31)22(28)21(24)25(33)35-26(2,3)4;1-12-26-21-17(28(12)15-5-6-25-20-13(15)3-2-4-14(20)23)11-16(19(24)18(21)22(29)30)27-7-9-31-10-8-27/h5-9,14H,10-13H2,1-4H3;2-6,11H,7-10H2,1H3,(H,29,30). The number of anilines is 2. The van der Waals surface area contributed by atoms with Gasteiger partial charge in [-0.2, -0.15) is 0 Å². The molecule has 0 radical (unpaired) electrons. The molecular weight excluding hydrogens is 893 g/mol. The monoisotopic (exact) mass is 936 g/mol. The number of aryl methyl sites for hydroxylation is 2. The maximum atomic E-state index is 16.0. The minimum Gasteiger partial charge on any atom is -0.478 e. The number of ether oxygens (including phenoxy) is 3. The van der Waals surface area contributed by atoms with Gasteiger partial charge in [0.15, 0.2) is 11.6 Å². The van der Waals surface area contributed by atoms with Crippen molar-refractivity contribution >= 4 is 90.4 Å². The summed E-state index contributed by atoms with van der Waals surface area (Å²) in [4.78, 5) is 46.9. The molecule has 0 saturated carbocycles. The van der Waals surface area contributed by atoms with Gasteiger partial charge in [-0.1, -0.05) is 47.5 Å². The number of halogens is 4. The second kappa shape index (κ2) is 17.7. The first-order valence-corrected chi connectivity index (χ1v) is 22.0. The Morgan fingerprint density at radius 3 is 1.50 bits per heavy atom. The van der Waals surface area contributed by atoms with E-state index in [9.17, 15) is 14.7 Å². The van der Waals surface area contributed by atoms with E-state index >= 15 is 8.78 Å². The molecule has 66 heavy (non-hydrogen) atoms. The molecule has 6 heterocycles. The number of imidazole rings is 2. The molecule has 0 amide bonds. The van der Waals surface area contributed by atoms with Crippen LogP contribution in [0.4, 0.5) is 20.2 Å². The van der Waals surface area contributed by atoms with Gasteiger partial charge in [0, 0.05) is 49.3 Å². The molecule has 2 aliphatic rings. The van der Waals surface area contributed by atoms with Crippen molar-refractivity contribution in [2.24, 2.45) is 0 Å². The van der Waals surface area contributed by atoms with Gasteiger partial charge >= 0.3 is 11.9 Å². The van der Waals surface area contributed by atoms with Crippen LogP contribution in [0, 0.1) is 25.5 Å². The molecule has 0 spiro atoms. The Labute approximate surface area is 387 Å². The summed E-state index contributed by atoms with van der Waals surface area (Å²) in [7, 11) is 0. The number of morpholine rings is 2. The number of esters is 1. The summed E-state index contributed by atoms with van der Waals surface area (Å²) < 4.78 is 51.5. The first kappa shape index (κ1) is 44.7. The highest BCUT2D eigenvalue weighted by Gasteiger charge is 2.32. The number of pyridine rings is 2. The van der Waals surface area contributed by atoms with Gasteiger partial charge in [-0.15, -0.1) is 0 Å². The van der Waals surface area contributed by atoms with E-state index in [1.807, 2.05) is 57.4 Å². The molecule has 2 aliphatic heterocycles. The van der Waals surface area contributed by atoms with Gasteiger partial charge < -0.3 is 29.1 Å². The second-order valence-corrected chi connectivity index (χ2v) is 17.6. The van der Waals surface area contributed by atoms with Crippen LogP contribution in [-0.2, 0) is 14.2 Å².